The average molecular weight is 254 g/mol. The van der Waals surface area contributed by atoms with Crippen molar-refractivity contribution in [2.24, 2.45) is 5.73 Å². The van der Waals surface area contributed by atoms with Gasteiger partial charge in [0.15, 0.2) is 0 Å². The molecular weight excluding hydrogens is 247 g/mol. The first kappa shape index (κ1) is 12.6. The highest BCUT2D eigenvalue weighted by Gasteiger charge is 2.33. The summed E-state index contributed by atoms with van der Waals surface area (Å²) < 4.78 is 41.8. The average Bonchev–Trinajstić information content (AvgIpc) is 2.14. The van der Waals surface area contributed by atoms with Gasteiger partial charge in [0.1, 0.15) is 5.75 Å². The summed E-state index contributed by atoms with van der Waals surface area (Å²) in [5.74, 6) is -1.25. The Hall–Kier alpha value is -1.43. The smallest absolute Gasteiger partial charge is 0.416 e. The lowest BCUT2D eigenvalue weighted by Crippen LogP contribution is -2.15. The number of amides is 1. The Bertz CT molecular complexity index is 431. The lowest BCUT2D eigenvalue weighted by atomic mass is 10.1. The van der Waals surface area contributed by atoms with Crippen molar-refractivity contribution in [1.82, 2.24) is 0 Å². The molecule has 0 saturated heterocycles. The lowest BCUT2D eigenvalue weighted by Gasteiger charge is -2.12. The molecule has 3 nitrogen and oxygen atoms in total. The van der Waals surface area contributed by atoms with E-state index in [0.717, 1.165) is 7.11 Å². The highest BCUT2D eigenvalue weighted by Crippen LogP contribution is 2.36. The van der Waals surface area contributed by atoms with Gasteiger partial charge < -0.3 is 10.5 Å². The zero-order valence-corrected chi connectivity index (χ0v) is 8.82. The molecule has 0 spiro atoms. The summed E-state index contributed by atoms with van der Waals surface area (Å²) in [6, 6.07) is 1.30. The number of methoxy groups -OCH3 is 1. The van der Waals surface area contributed by atoms with Crippen molar-refractivity contribution >= 4 is 17.5 Å². The van der Waals surface area contributed by atoms with Crippen molar-refractivity contribution in [3.63, 3.8) is 0 Å². The van der Waals surface area contributed by atoms with E-state index < -0.39 is 17.6 Å². The molecule has 2 N–H and O–H groups in total. The fourth-order valence-electron chi connectivity index (χ4n) is 1.15. The van der Waals surface area contributed by atoms with E-state index in [0.29, 0.717) is 12.1 Å². The Kier molecular flexibility index (Phi) is 3.32. The van der Waals surface area contributed by atoms with E-state index in [4.69, 9.17) is 17.3 Å². The van der Waals surface area contributed by atoms with Crippen LogP contribution in [0, 0.1) is 0 Å². The first-order valence-electron chi connectivity index (χ1n) is 4.02. The number of hydrogen-bond acceptors (Lipinski definition) is 2. The van der Waals surface area contributed by atoms with Gasteiger partial charge >= 0.3 is 6.18 Å². The third-order valence-corrected chi connectivity index (χ3v) is 2.15. The number of benzene rings is 1. The maximum Gasteiger partial charge on any atom is 0.416 e. The molecule has 0 heterocycles. The first-order valence-corrected chi connectivity index (χ1v) is 4.39. The molecule has 0 aliphatic heterocycles. The number of halogens is 4. The van der Waals surface area contributed by atoms with Crippen LogP contribution in [0.4, 0.5) is 13.2 Å². The Morgan fingerprint density at radius 3 is 2.38 bits per heavy atom. The van der Waals surface area contributed by atoms with E-state index in [-0.39, 0.29) is 16.3 Å². The van der Waals surface area contributed by atoms with Crippen LogP contribution in [0.25, 0.3) is 0 Å². The molecule has 7 heteroatoms. The molecule has 1 aromatic rings. The highest BCUT2D eigenvalue weighted by molar-refractivity contribution is 6.34. The minimum Gasteiger partial charge on any atom is -0.496 e. The molecular formula is C9H7ClF3NO2. The van der Waals surface area contributed by atoms with Gasteiger partial charge in [-0.2, -0.15) is 13.2 Å². The quantitative estimate of drug-likeness (QED) is 0.880. The summed E-state index contributed by atoms with van der Waals surface area (Å²) in [4.78, 5) is 10.9. The number of alkyl halides is 3. The molecule has 88 valence electrons. The van der Waals surface area contributed by atoms with Gasteiger partial charge in [0, 0.05) is 0 Å². The van der Waals surface area contributed by atoms with Gasteiger partial charge in [-0.3, -0.25) is 4.79 Å². The van der Waals surface area contributed by atoms with E-state index in [1.807, 2.05) is 0 Å². The highest BCUT2D eigenvalue weighted by atomic mass is 35.5. The maximum atomic E-state index is 12.4. The van der Waals surface area contributed by atoms with Crippen LogP contribution in [0.1, 0.15) is 15.9 Å². The number of ether oxygens (including phenoxy) is 1. The standard InChI is InChI=1S/C9H7ClF3NO2/c1-16-6-3-4(9(11,12)13)2-5(10)7(6)8(14)15/h2-3H,1H3,(H2,14,15). The van der Waals surface area contributed by atoms with Crippen molar-refractivity contribution in [3.05, 3.63) is 28.3 Å². The molecule has 0 atom stereocenters. The summed E-state index contributed by atoms with van der Waals surface area (Å²) in [6.45, 7) is 0. The van der Waals surface area contributed by atoms with Crippen LogP contribution in [-0.4, -0.2) is 13.0 Å². The topological polar surface area (TPSA) is 52.3 Å². The monoisotopic (exact) mass is 253 g/mol. The molecule has 0 aliphatic carbocycles. The lowest BCUT2D eigenvalue weighted by molar-refractivity contribution is -0.137. The molecule has 1 amide bonds. The summed E-state index contributed by atoms with van der Waals surface area (Å²) in [5, 5.41) is -0.390. The fourth-order valence-corrected chi connectivity index (χ4v) is 1.45. The molecule has 16 heavy (non-hydrogen) atoms. The second-order valence-corrected chi connectivity index (χ2v) is 3.30. The van der Waals surface area contributed by atoms with E-state index in [1.54, 1.807) is 0 Å². The number of rotatable bonds is 2. The minimum absolute atomic E-state index is 0.267. The SMILES string of the molecule is COc1cc(C(F)(F)F)cc(Cl)c1C(N)=O. The number of primary amides is 1. The molecule has 0 bridgehead atoms. The Balaban J connectivity index is 3.44. The van der Waals surface area contributed by atoms with Gasteiger partial charge in [-0.15, -0.1) is 0 Å². The molecule has 0 aromatic heterocycles. The van der Waals surface area contributed by atoms with Crippen LogP contribution in [0.3, 0.4) is 0 Å². The van der Waals surface area contributed by atoms with E-state index in [9.17, 15) is 18.0 Å². The van der Waals surface area contributed by atoms with Gasteiger partial charge in [0.05, 0.1) is 23.3 Å². The van der Waals surface area contributed by atoms with Crippen LogP contribution in [0.5, 0.6) is 5.75 Å². The largest absolute Gasteiger partial charge is 0.496 e. The summed E-state index contributed by atoms with van der Waals surface area (Å²) >= 11 is 5.53. The summed E-state index contributed by atoms with van der Waals surface area (Å²) in [5.41, 5.74) is 3.70. The van der Waals surface area contributed by atoms with Gasteiger partial charge in [-0.1, -0.05) is 11.6 Å². The molecule has 0 fully saturated rings. The van der Waals surface area contributed by atoms with Crippen LogP contribution >= 0.6 is 11.6 Å². The van der Waals surface area contributed by atoms with E-state index >= 15 is 0 Å². The minimum atomic E-state index is -4.56. The molecule has 0 saturated carbocycles. The van der Waals surface area contributed by atoms with Crippen molar-refractivity contribution in [1.29, 1.82) is 0 Å². The Labute approximate surface area is 93.9 Å². The van der Waals surface area contributed by atoms with Gasteiger partial charge in [0.25, 0.3) is 5.91 Å². The number of carbonyl (C=O) groups is 1. The maximum absolute atomic E-state index is 12.4. The summed E-state index contributed by atoms with van der Waals surface area (Å²) in [6.07, 6.45) is -4.56. The summed E-state index contributed by atoms with van der Waals surface area (Å²) in [7, 11) is 1.12. The Morgan fingerprint density at radius 1 is 1.44 bits per heavy atom. The van der Waals surface area contributed by atoms with Crippen LogP contribution in [0.2, 0.25) is 5.02 Å². The normalized spacial score (nSPS) is 11.3. The third-order valence-electron chi connectivity index (χ3n) is 1.85. The van der Waals surface area contributed by atoms with Crippen LogP contribution in [-0.2, 0) is 6.18 Å². The number of hydrogen-bond donors (Lipinski definition) is 1. The predicted molar refractivity (Wildman–Crippen MR) is 51.5 cm³/mol. The van der Waals surface area contributed by atoms with Crippen molar-refractivity contribution in [2.75, 3.05) is 7.11 Å². The molecule has 1 rings (SSSR count). The second-order valence-electron chi connectivity index (χ2n) is 2.90. The molecule has 0 unspecified atom stereocenters. The zero-order valence-electron chi connectivity index (χ0n) is 8.06. The third kappa shape index (κ3) is 2.38. The van der Waals surface area contributed by atoms with Crippen LogP contribution < -0.4 is 10.5 Å². The molecule has 0 aliphatic rings. The number of carbonyl (C=O) groups excluding carboxylic acids is 1. The van der Waals surface area contributed by atoms with Gasteiger partial charge in [-0.25, -0.2) is 0 Å². The molecule has 0 radical (unpaired) electrons. The predicted octanol–water partition coefficient (Wildman–Crippen LogP) is 2.47. The Morgan fingerprint density at radius 2 is 2.00 bits per heavy atom. The fraction of sp³-hybridized carbons (Fsp3) is 0.222. The van der Waals surface area contributed by atoms with E-state index in [2.05, 4.69) is 4.74 Å². The van der Waals surface area contributed by atoms with Crippen LogP contribution in [0.15, 0.2) is 12.1 Å². The van der Waals surface area contributed by atoms with E-state index in [1.165, 1.54) is 0 Å². The molecule has 1 aromatic carbocycles. The van der Waals surface area contributed by atoms with Crippen molar-refractivity contribution in [2.45, 2.75) is 6.18 Å². The van der Waals surface area contributed by atoms with Crippen molar-refractivity contribution < 1.29 is 22.7 Å². The number of nitrogens with two attached hydrogens (primary N) is 1. The first-order chi connectivity index (χ1) is 7.27. The van der Waals surface area contributed by atoms with Crippen molar-refractivity contribution in [3.8, 4) is 5.75 Å². The van der Waals surface area contributed by atoms with Gasteiger partial charge in [-0.05, 0) is 12.1 Å². The second kappa shape index (κ2) is 4.21. The zero-order chi connectivity index (χ0) is 12.5. The van der Waals surface area contributed by atoms with Gasteiger partial charge in [0.2, 0.25) is 0 Å².